The van der Waals surface area contributed by atoms with Gasteiger partial charge in [0.2, 0.25) is 5.79 Å². The quantitative estimate of drug-likeness (QED) is 0.889. The molecular formula is C15H18O4. The number of aliphatic carboxylic acids is 1. The molecule has 1 aliphatic carbocycles. The molecule has 1 saturated carbocycles. The van der Waals surface area contributed by atoms with Gasteiger partial charge in [-0.2, -0.15) is 0 Å². The molecule has 4 nitrogen and oxygen atoms in total. The monoisotopic (exact) mass is 262 g/mol. The predicted octanol–water partition coefficient (Wildman–Crippen LogP) is 3.09. The van der Waals surface area contributed by atoms with Gasteiger partial charge in [-0.15, -0.1) is 0 Å². The largest absolute Gasteiger partial charge is 0.481 e. The minimum absolute atomic E-state index is 0.648. The van der Waals surface area contributed by atoms with Gasteiger partial charge in [0.1, 0.15) is 0 Å². The molecule has 102 valence electrons. The summed E-state index contributed by atoms with van der Waals surface area (Å²) in [5, 5.41) is 9.60. The SMILES string of the molecule is CC1(C)Oc2ccc(C3(C(=O)O)CCCC3)cc2O1. The molecule has 19 heavy (non-hydrogen) atoms. The molecule has 0 bridgehead atoms. The average molecular weight is 262 g/mol. The topological polar surface area (TPSA) is 55.8 Å². The summed E-state index contributed by atoms with van der Waals surface area (Å²) in [6, 6.07) is 5.52. The maximum absolute atomic E-state index is 11.7. The van der Waals surface area contributed by atoms with Crippen molar-refractivity contribution in [2.75, 3.05) is 0 Å². The molecule has 2 aliphatic rings. The first-order chi connectivity index (χ1) is 8.93. The lowest BCUT2D eigenvalue weighted by atomic mass is 9.79. The Morgan fingerprint density at radius 2 is 1.79 bits per heavy atom. The Labute approximate surface area is 112 Å². The van der Waals surface area contributed by atoms with Crippen LogP contribution in [0.4, 0.5) is 0 Å². The van der Waals surface area contributed by atoms with Crippen molar-refractivity contribution in [1.82, 2.24) is 0 Å². The molecule has 1 N–H and O–H groups in total. The molecule has 1 aliphatic heterocycles. The Balaban J connectivity index is 2.02. The van der Waals surface area contributed by atoms with Crippen molar-refractivity contribution < 1.29 is 19.4 Å². The van der Waals surface area contributed by atoms with Crippen LogP contribution < -0.4 is 9.47 Å². The van der Waals surface area contributed by atoms with Crippen molar-refractivity contribution >= 4 is 5.97 Å². The fourth-order valence-corrected chi connectivity index (χ4v) is 3.12. The first-order valence-corrected chi connectivity index (χ1v) is 6.69. The second-order valence-corrected chi connectivity index (χ2v) is 5.86. The third-order valence-electron chi connectivity index (χ3n) is 4.07. The average Bonchev–Trinajstić information content (AvgIpc) is 2.90. The van der Waals surface area contributed by atoms with E-state index in [2.05, 4.69) is 0 Å². The first kappa shape index (κ1) is 12.3. The van der Waals surface area contributed by atoms with Gasteiger partial charge in [0.05, 0.1) is 5.41 Å². The predicted molar refractivity (Wildman–Crippen MR) is 69.6 cm³/mol. The Morgan fingerprint density at radius 3 is 2.42 bits per heavy atom. The van der Waals surface area contributed by atoms with Crippen molar-refractivity contribution in [3.05, 3.63) is 23.8 Å². The number of rotatable bonds is 2. The van der Waals surface area contributed by atoms with Crippen LogP contribution in [0.3, 0.4) is 0 Å². The summed E-state index contributed by atoms with van der Waals surface area (Å²) in [7, 11) is 0. The zero-order valence-electron chi connectivity index (χ0n) is 11.2. The summed E-state index contributed by atoms with van der Waals surface area (Å²) in [5.41, 5.74) is 0.0861. The Kier molecular flexibility index (Phi) is 2.52. The number of carboxylic acid groups (broad SMARTS) is 1. The van der Waals surface area contributed by atoms with Crippen molar-refractivity contribution in [3.63, 3.8) is 0 Å². The highest BCUT2D eigenvalue weighted by atomic mass is 16.7. The molecule has 0 unspecified atom stereocenters. The third-order valence-corrected chi connectivity index (χ3v) is 4.07. The number of hydrogen-bond donors (Lipinski definition) is 1. The van der Waals surface area contributed by atoms with E-state index >= 15 is 0 Å². The summed E-state index contributed by atoms with van der Waals surface area (Å²) in [6.07, 6.45) is 3.33. The van der Waals surface area contributed by atoms with Crippen LogP contribution in [-0.4, -0.2) is 16.9 Å². The second kappa shape index (κ2) is 3.89. The summed E-state index contributed by atoms with van der Waals surface area (Å²) < 4.78 is 11.3. The second-order valence-electron chi connectivity index (χ2n) is 5.86. The van der Waals surface area contributed by atoms with Crippen molar-refractivity contribution in [3.8, 4) is 11.5 Å². The number of carbonyl (C=O) groups is 1. The first-order valence-electron chi connectivity index (χ1n) is 6.69. The van der Waals surface area contributed by atoms with Gasteiger partial charge in [-0.3, -0.25) is 4.79 Å². The van der Waals surface area contributed by atoms with Crippen molar-refractivity contribution in [1.29, 1.82) is 0 Å². The van der Waals surface area contributed by atoms with Crippen LogP contribution in [-0.2, 0) is 10.2 Å². The Hall–Kier alpha value is -1.71. The van der Waals surface area contributed by atoms with E-state index in [1.165, 1.54) is 0 Å². The van der Waals surface area contributed by atoms with E-state index < -0.39 is 17.2 Å². The minimum atomic E-state index is -0.745. The smallest absolute Gasteiger partial charge is 0.314 e. The van der Waals surface area contributed by atoms with Crippen LogP contribution in [0.5, 0.6) is 11.5 Å². The highest BCUT2D eigenvalue weighted by Crippen LogP contribution is 2.46. The van der Waals surface area contributed by atoms with Gasteiger partial charge in [0, 0.05) is 13.8 Å². The third kappa shape index (κ3) is 1.86. The molecule has 0 amide bonds. The molecule has 1 heterocycles. The van der Waals surface area contributed by atoms with E-state index in [1.807, 2.05) is 32.0 Å². The van der Waals surface area contributed by atoms with E-state index in [-0.39, 0.29) is 0 Å². The molecule has 4 heteroatoms. The lowest BCUT2D eigenvalue weighted by Gasteiger charge is -2.24. The fourth-order valence-electron chi connectivity index (χ4n) is 3.12. The molecule has 1 aromatic rings. The van der Waals surface area contributed by atoms with E-state index in [4.69, 9.17) is 9.47 Å². The van der Waals surface area contributed by atoms with Crippen LogP contribution in [0, 0.1) is 0 Å². The van der Waals surface area contributed by atoms with Gasteiger partial charge < -0.3 is 14.6 Å². The van der Waals surface area contributed by atoms with Gasteiger partial charge in [-0.25, -0.2) is 0 Å². The van der Waals surface area contributed by atoms with Gasteiger partial charge in [0.25, 0.3) is 0 Å². The zero-order chi connectivity index (χ0) is 13.7. The van der Waals surface area contributed by atoms with Crippen LogP contribution in [0.1, 0.15) is 45.1 Å². The molecule has 0 radical (unpaired) electrons. The standard InChI is InChI=1S/C15H18O4/c1-14(2)18-11-6-5-10(9-12(11)19-14)15(13(16)17)7-3-4-8-15/h5-6,9H,3-4,7-8H2,1-2H3,(H,16,17). The fraction of sp³-hybridized carbons (Fsp3) is 0.533. The molecule has 0 spiro atoms. The van der Waals surface area contributed by atoms with Crippen molar-refractivity contribution in [2.24, 2.45) is 0 Å². The van der Waals surface area contributed by atoms with Crippen LogP contribution >= 0.6 is 0 Å². The van der Waals surface area contributed by atoms with Crippen LogP contribution in [0.2, 0.25) is 0 Å². The summed E-state index contributed by atoms with van der Waals surface area (Å²) in [5.74, 6) is -0.0713. The number of hydrogen-bond acceptors (Lipinski definition) is 3. The Morgan fingerprint density at radius 1 is 1.16 bits per heavy atom. The normalized spacial score (nSPS) is 22.4. The number of carboxylic acids is 1. The zero-order valence-corrected chi connectivity index (χ0v) is 11.2. The maximum Gasteiger partial charge on any atom is 0.314 e. The highest BCUT2D eigenvalue weighted by Gasteiger charge is 2.44. The van der Waals surface area contributed by atoms with E-state index in [0.29, 0.717) is 24.3 Å². The van der Waals surface area contributed by atoms with E-state index in [9.17, 15) is 9.90 Å². The van der Waals surface area contributed by atoms with Crippen LogP contribution in [0.25, 0.3) is 0 Å². The summed E-state index contributed by atoms with van der Waals surface area (Å²) >= 11 is 0. The van der Waals surface area contributed by atoms with Gasteiger partial charge in [-0.05, 0) is 30.5 Å². The van der Waals surface area contributed by atoms with Gasteiger partial charge in [-0.1, -0.05) is 18.9 Å². The highest BCUT2D eigenvalue weighted by molar-refractivity contribution is 5.82. The molecule has 0 saturated heterocycles. The van der Waals surface area contributed by atoms with Gasteiger partial charge in [0.15, 0.2) is 11.5 Å². The lowest BCUT2D eigenvalue weighted by molar-refractivity contribution is -0.143. The van der Waals surface area contributed by atoms with Crippen molar-refractivity contribution in [2.45, 2.75) is 50.7 Å². The Bertz CT molecular complexity index is 527. The lowest BCUT2D eigenvalue weighted by Crippen LogP contribution is -2.32. The molecule has 1 aromatic carbocycles. The number of benzene rings is 1. The minimum Gasteiger partial charge on any atom is -0.481 e. The van der Waals surface area contributed by atoms with Crippen LogP contribution in [0.15, 0.2) is 18.2 Å². The molecular weight excluding hydrogens is 244 g/mol. The van der Waals surface area contributed by atoms with Gasteiger partial charge >= 0.3 is 5.97 Å². The van der Waals surface area contributed by atoms with E-state index in [1.54, 1.807) is 0 Å². The molecule has 0 atom stereocenters. The maximum atomic E-state index is 11.7. The summed E-state index contributed by atoms with van der Waals surface area (Å²) in [6.45, 7) is 3.68. The molecule has 3 rings (SSSR count). The molecule has 0 aromatic heterocycles. The van der Waals surface area contributed by atoms with E-state index in [0.717, 1.165) is 18.4 Å². The number of fused-ring (bicyclic) bond motifs is 1. The number of ether oxygens (including phenoxy) is 2. The molecule has 1 fully saturated rings. The summed E-state index contributed by atoms with van der Waals surface area (Å²) in [4.78, 5) is 11.7.